The first-order valence-corrected chi connectivity index (χ1v) is 47.6. The number of aromatic amines is 6. The summed E-state index contributed by atoms with van der Waals surface area (Å²) in [6.45, 7) is 1.85. The Hall–Kier alpha value is -12.8. The van der Waals surface area contributed by atoms with E-state index in [9.17, 15) is 80.6 Å². The summed E-state index contributed by atoms with van der Waals surface area (Å²) in [7, 11) is -0.389. The molecule has 0 radical (unpaired) electrons. The number of carbonyl (C=O) groups is 9. The van der Waals surface area contributed by atoms with Gasteiger partial charge >= 0.3 is 53.7 Å². The number of ether oxygens (including phenoxy) is 1. The third-order valence-electron chi connectivity index (χ3n) is 19.3. The van der Waals surface area contributed by atoms with E-state index in [-0.39, 0.29) is 133 Å². The zero-order chi connectivity index (χ0) is 106. The molecule has 9 aromatic carbocycles. The van der Waals surface area contributed by atoms with Crippen molar-refractivity contribution in [2.75, 3.05) is 37.8 Å². The molecule has 17 rings (SSSR count). The zero-order valence-electron chi connectivity index (χ0n) is 72.3. The number of aromatic carboxylic acids is 6. The molecule has 16 N–H and O–H groups in total. The molecule has 0 saturated heterocycles. The molecular formula is C92H64BrCl11IN11O25S2. The molecule has 16 aromatic rings. The number of carboxylic acid groups (broad SMARTS) is 8. The van der Waals surface area contributed by atoms with E-state index in [0.29, 0.717) is 110 Å². The van der Waals surface area contributed by atoms with Crippen molar-refractivity contribution in [3.05, 3.63) is 352 Å². The molecule has 143 heavy (non-hydrogen) atoms. The topological polar surface area (TPSA) is 582 Å². The summed E-state index contributed by atoms with van der Waals surface area (Å²) in [5.74, 6) is -9.98. The number of aromatic nitrogens is 7. The Bertz CT molecular complexity index is 8190. The van der Waals surface area contributed by atoms with E-state index >= 15 is 0 Å². The third kappa shape index (κ3) is 29.3. The summed E-state index contributed by atoms with van der Waals surface area (Å²) in [5, 5.41) is 82.7. The second kappa shape index (κ2) is 49.0. The molecule has 0 bridgehead atoms. The van der Waals surface area contributed by atoms with Crippen LogP contribution >= 0.6 is 178 Å². The molecule has 51 heteroatoms. The minimum absolute atomic E-state index is 0.0646. The predicted octanol–water partition coefficient (Wildman–Crippen LogP) is 20.8. The van der Waals surface area contributed by atoms with Crippen LogP contribution in [-0.4, -0.2) is 187 Å². The second-order valence-electron chi connectivity index (χ2n) is 29.9. The molecule has 36 nitrogen and oxygen atoms in total. The van der Waals surface area contributed by atoms with Gasteiger partial charge in [-0.15, -0.1) is 0 Å². The summed E-state index contributed by atoms with van der Waals surface area (Å²) in [4.78, 5) is 179. The fourth-order valence-electron chi connectivity index (χ4n) is 13.3. The van der Waals surface area contributed by atoms with Crippen molar-refractivity contribution in [3.8, 4) is 0 Å². The number of benzene rings is 9. The quantitative estimate of drug-likeness (QED) is 0.0243. The summed E-state index contributed by atoms with van der Waals surface area (Å²) < 4.78 is 34.1. The van der Waals surface area contributed by atoms with Crippen LogP contribution in [0.1, 0.15) is 85.9 Å². The molecule has 1 aliphatic heterocycles. The number of pyridine rings is 7. The monoisotopic (exact) mass is 2380 g/mol. The predicted molar refractivity (Wildman–Crippen MR) is 561 cm³/mol. The number of nitrogens with zero attached hydrogens (tertiary/aromatic N) is 3. The average molecular weight is 2380 g/mol. The van der Waals surface area contributed by atoms with Crippen LogP contribution < -0.4 is 37.8 Å². The van der Waals surface area contributed by atoms with E-state index in [1.54, 1.807) is 97.9 Å². The number of fused-ring (bicyclic) bond motifs is 8. The summed E-state index contributed by atoms with van der Waals surface area (Å²) in [6, 6.07) is 46.3. The molecule has 0 aliphatic carbocycles. The first-order chi connectivity index (χ1) is 67.2. The van der Waals surface area contributed by atoms with Gasteiger partial charge in [0.25, 0.3) is 0 Å². The second-order valence-corrected chi connectivity index (χ2v) is 38.9. The maximum atomic E-state index is 13.0. The van der Waals surface area contributed by atoms with Crippen molar-refractivity contribution in [1.82, 2.24) is 44.1 Å². The normalized spacial score (nSPS) is 12.3. The number of sulfonamides is 1. The highest BCUT2D eigenvalue weighted by Gasteiger charge is 2.44. The first kappa shape index (κ1) is 112. The number of hydrogen-bond acceptors (Lipinski definition) is 22. The maximum absolute atomic E-state index is 13.0. The van der Waals surface area contributed by atoms with Crippen LogP contribution in [0, 0.1) is 8.08 Å². The van der Waals surface area contributed by atoms with Gasteiger partial charge in [0.05, 0.1) is 69.5 Å². The number of rotatable bonds is 16. The van der Waals surface area contributed by atoms with E-state index in [2.05, 4.69) is 61.5 Å². The SMILES string of the molecule is CC(CN(C)C)OC(=O)c1cc(=O)c2c(Cl)cc(Cl)cc2[nH]1.O=C(O)CNc1cc(C(=O)O)nc2cc(Cl)cc(Cl)c12.O=C(O)[C@@H]1Nc2cc(Cl)cc(Cl)c2S(=O)(=O)N1Cc1cccc(Br)c1.O=C(O)c1cc(=O)c2c(Cl)cc(Cl)cc2[nH]1.O=C(O)c1cc(=O)c2c(I)cc(Cl)cc2[nH]1.O=C(O)c1cc(=O)c2ccc(Cl)cc2[nH]1.O=C(O)c1cc(=O)c2ccccc2[nH]1.O=C(O)c1cc(=S)c2ccc(Cl)cc2[nH]1. The summed E-state index contributed by atoms with van der Waals surface area (Å²) in [5.41, 5.74) is 1.55. The number of aliphatic carboxylic acids is 2. The van der Waals surface area contributed by atoms with Crippen LogP contribution in [0.3, 0.4) is 0 Å². The van der Waals surface area contributed by atoms with Crippen molar-refractivity contribution in [2.24, 2.45) is 0 Å². The number of H-pyrrole nitrogens is 6. The Morgan fingerprint density at radius 2 is 0.881 bits per heavy atom. The van der Waals surface area contributed by atoms with E-state index in [1.165, 1.54) is 72.8 Å². The van der Waals surface area contributed by atoms with E-state index in [1.807, 2.05) is 41.6 Å². The lowest BCUT2D eigenvalue weighted by Gasteiger charge is -2.35. The van der Waals surface area contributed by atoms with Gasteiger partial charge in [-0.25, -0.2) is 51.8 Å². The van der Waals surface area contributed by atoms with Crippen molar-refractivity contribution < 1.29 is 97.2 Å². The lowest BCUT2D eigenvalue weighted by atomic mass is 10.1. The van der Waals surface area contributed by atoms with Gasteiger partial charge in [0.1, 0.15) is 51.7 Å². The molecule has 2 atom stereocenters. The van der Waals surface area contributed by atoms with E-state index in [4.69, 9.17) is 180 Å². The Balaban J connectivity index is 0.000000169. The van der Waals surface area contributed by atoms with Gasteiger partial charge in [0.15, 0.2) is 39.0 Å². The highest BCUT2D eigenvalue weighted by Crippen LogP contribution is 2.41. The molecule has 0 spiro atoms. The summed E-state index contributed by atoms with van der Waals surface area (Å²) >= 11 is 75.2. The Kier molecular flexibility index (Phi) is 38.4. The van der Waals surface area contributed by atoms with Crippen LogP contribution in [0.5, 0.6) is 0 Å². The lowest BCUT2D eigenvalue weighted by Crippen LogP contribution is -2.52. The molecule has 740 valence electrons. The lowest BCUT2D eigenvalue weighted by molar-refractivity contribution is -0.140. The minimum atomic E-state index is -4.15. The molecule has 0 fully saturated rings. The van der Waals surface area contributed by atoms with Gasteiger partial charge < -0.3 is 91.0 Å². The maximum Gasteiger partial charge on any atom is 0.355 e. The van der Waals surface area contributed by atoms with Crippen molar-refractivity contribution >= 4 is 330 Å². The molecule has 1 unspecified atom stereocenters. The Morgan fingerprint density at radius 1 is 0.462 bits per heavy atom. The number of anilines is 2. The number of halogens is 13. The van der Waals surface area contributed by atoms with Gasteiger partial charge in [0.2, 0.25) is 10.0 Å². The zero-order valence-corrected chi connectivity index (χ0v) is 86.0. The number of carboxylic acids is 8. The minimum Gasteiger partial charge on any atom is -0.480 e. The van der Waals surface area contributed by atoms with E-state index in [0.717, 1.165) is 38.4 Å². The highest BCUT2D eigenvalue weighted by molar-refractivity contribution is 14.1. The number of para-hydroxylation sites is 1. The number of likely N-dealkylation sites (N-methyl/N-ethyl adjacent to an activating group) is 1. The van der Waals surface area contributed by atoms with Crippen LogP contribution in [-0.2, 0) is 30.9 Å². The molecule has 8 heterocycles. The first-order valence-electron chi connectivity index (χ1n) is 39.8. The van der Waals surface area contributed by atoms with Crippen LogP contribution in [0.4, 0.5) is 11.4 Å². The van der Waals surface area contributed by atoms with Gasteiger partial charge in [0, 0.05) is 129 Å². The fraction of sp³-hybridized carbons (Fsp3) is 0.0870. The van der Waals surface area contributed by atoms with Gasteiger partial charge in [-0.3, -0.25) is 28.8 Å². The van der Waals surface area contributed by atoms with Crippen LogP contribution in [0.15, 0.2) is 221 Å². The number of hydrogen-bond donors (Lipinski definition) is 16. The molecule has 7 aromatic heterocycles. The van der Waals surface area contributed by atoms with Crippen molar-refractivity contribution in [3.63, 3.8) is 0 Å². The summed E-state index contributed by atoms with van der Waals surface area (Å²) in [6.07, 6.45) is -1.78. The molecule has 1 aliphatic rings. The highest BCUT2D eigenvalue weighted by atomic mass is 127. The van der Waals surface area contributed by atoms with Gasteiger partial charge in [-0.05, 0) is 183 Å². The number of esters is 1. The van der Waals surface area contributed by atoms with E-state index < -0.39 is 75.3 Å². The number of carbonyl (C=O) groups excluding carboxylic acids is 1. The fourth-order valence-corrected chi connectivity index (χ4v) is 19.9. The van der Waals surface area contributed by atoms with Crippen molar-refractivity contribution in [1.29, 1.82) is 0 Å². The Morgan fingerprint density at radius 3 is 1.38 bits per heavy atom. The smallest absolute Gasteiger partial charge is 0.355 e. The van der Waals surface area contributed by atoms with Crippen LogP contribution in [0.2, 0.25) is 55.2 Å². The Labute approximate surface area is 883 Å². The molecule has 0 amide bonds. The standard InChI is InChI=1S/C15H11BrCl2N2O4S.C15H16Cl2N2O3.C12H8Cl2N2O4.C10H5Cl2NO3.C10H5ClINO3.C10H6ClNO3.C10H6ClNO2S.C10H7NO3/c16-9-3-1-2-8(4-9)7-20-14(15(21)22)19-12-6-10(17)5-11(18)13(12)25(20,23)24;1-8(7-19(2)3)22-15(21)12-6-13(20)14-10(17)4-9(16)5-11(14)18-12;13-5-1-6(14)11-7(15-4-10(17)18)3-9(12(19)20)16-8(11)2-5;2*11-4-1-5(12)9-6(2-4)13-7(10(15)16)3-8(9)14;11-5-1-2-6-7(3-5)12-8(10(14)15)4-9(6)13;11-5-1-2-6-7(3-5)12-8(10(13)14)4-9(6)15;12-9-5-8(10(13)14)11-7-4-2-1-3-6(7)9/h1-6,14,19H,7H2,(H,21,22);4-6,8H,7H2,1-3H3,(H,18,20);1-3H,4H2,(H,15,16)(H,17,18)(H,19,20);2*1-3H,(H,13,14)(H,15,16);1-4H,(H,12,13)(H,14,15);1-4H,(H,12,15)(H,13,14);1-5H,(H,11,12)(H,13,14)/t14-;;;;;;;/m1......./s1. The van der Waals surface area contributed by atoms with Crippen molar-refractivity contribution in [2.45, 2.75) is 30.6 Å². The molecular weight excluding hydrogens is 2320 g/mol. The van der Waals surface area contributed by atoms with Gasteiger partial charge in [-0.2, -0.15) is 4.31 Å². The largest absolute Gasteiger partial charge is 0.480 e. The van der Waals surface area contributed by atoms with Gasteiger partial charge in [-0.1, -0.05) is 180 Å². The molecule has 0 saturated carbocycles. The third-order valence-corrected chi connectivity index (χ3v) is 25.7. The van der Waals surface area contributed by atoms with Crippen LogP contribution in [0.25, 0.3) is 76.3 Å². The number of nitrogens with one attached hydrogen (secondary N) is 8. The average Bonchev–Trinajstić information content (AvgIpc) is 0.735.